The highest BCUT2D eigenvalue weighted by molar-refractivity contribution is 7.10. The number of piperazine rings is 1. The van der Waals surface area contributed by atoms with Crippen LogP contribution >= 0.6 is 11.3 Å². The topological polar surface area (TPSA) is 65.0 Å². The van der Waals surface area contributed by atoms with E-state index < -0.39 is 0 Å². The van der Waals surface area contributed by atoms with E-state index in [0.717, 1.165) is 61.0 Å². The number of anilines is 2. The summed E-state index contributed by atoms with van der Waals surface area (Å²) in [6, 6.07) is 24.8. The van der Waals surface area contributed by atoms with Gasteiger partial charge in [0.05, 0.1) is 7.11 Å². The molecule has 1 saturated heterocycles. The maximum Gasteiger partial charge on any atom is 0.255 e. The Morgan fingerprint density at radius 1 is 0.944 bits per heavy atom. The molecule has 0 radical (unpaired) electrons. The lowest BCUT2D eigenvalue weighted by Crippen LogP contribution is -2.45. The lowest BCUT2D eigenvalue weighted by molar-refractivity contribution is 0.102. The van der Waals surface area contributed by atoms with Crippen molar-refractivity contribution in [2.24, 2.45) is 0 Å². The van der Waals surface area contributed by atoms with Gasteiger partial charge in [-0.3, -0.25) is 9.69 Å². The largest absolute Gasteiger partial charge is 0.508 e. The van der Waals surface area contributed by atoms with Gasteiger partial charge < -0.3 is 20.1 Å². The maximum absolute atomic E-state index is 12.6. The molecule has 0 aliphatic carbocycles. The molecule has 1 amide bonds. The van der Waals surface area contributed by atoms with Gasteiger partial charge in [-0.05, 0) is 83.2 Å². The van der Waals surface area contributed by atoms with Gasteiger partial charge in [-0.15, -0.1) is 11.3 Å². The van der Waals surface area contributed by atoms with E-state index >= 15 is 0 Å². The van der Waals surface area contributed by atoms with Crippen LogP contribution in [-0.2, 0) is 6.54 Å². The monoisotopic (exact) mass is 499 g/mol. The molecule has 4 aromatic rings. The average Bonchev–Trinajstić information content (AvgIpc) is 3.38. The fourth-order valence-corrected chi connectivity index (χ4v) is 5.32. The first-order chi connectivity index (χ1) is 17.6. The SMILES string of the molecule is COc1ccc(NC(=O)c2ccc(N3CCN(Cc4cc(-c5cccc(O)c5)cs4)CC3)cc2)cc1. The predicted octanol–water partition coefficient (Wildman–Crippen LogP) is 5.70. The normalized spacial score (nSPS) is 14.0. The number of phenolic OH excluding ortho intramolecular Hbond substituents is 1. The number of ether oxygens (including phenoxy) is 1. The van der Waals surface area contributed by atoms with Crippen molar-refractivity contribution in [2.75, 3.05) is 43.5 Å². The highest BCUT2D eigenvalue weighted by atomic mass is 32.1. The number of carbonyl (C=O) groups excluding carboxylic acids is 1. The Labute approximate surface area is 215 Å². The van der Waals surface area contributed by atoms with Crippen molar-refractivity contribution < 1.29 is 14.6 Å². The van der Waals surface area contributed by atoms with Crippen LogP contribution in [0, 0.1) is 0 Å². The summed E-state index contributed by atoms with van der Waals surface area (Å²) in [5, 5.41) is 14.8. The average molecular weight is 500 g/mol. The predicted molar refractivity (Wildman–Crippen MR) is 146 cm³/mol. The number of phenols is 1. The summed E-state index contributed by atoms with van der Waals surface area (Å²) in [6.07, 6.45) is 0. The van der Waals surface area contributed by atoms with Crippen molar-refractivity contribution >= 4 is 28.6 Å². The number of aromatic hydroxyl groups is 1. The summed E-state index contributed by atoms with van der Waals surface area (Å²) in [6.45, 7) is 4.80. The number of benzene rings is 3. The van der Waals surface area contributed by atoms with Crippen LogP contribution < -0.4 is 15.0 Å². The minimum Gasteiger partial charge on any atom is -0.508 e. The molecule has 7 heteroatoms. The summed E-state index contributed by atoms with van der Waals surface area (Å²) in [5.74, 6) is 0.922. The molecule has 2 heterocycles. The summed E-state index contributed by atoms with van der Waals surface area (Å²) < 4.78 is 5.16. The smallest absolute Gasteiger partial charge is 0.255 e. The molecule has 1 aromatic heterocycles. The number of hydrogen-bond donors (Lipinski definition) is 2. The third kappa shape index (κ3) is 5.70. The number of rotatable bonds is 7. The molecule has 0 saturated carbocycles. The molecular weight excluding hydrogens is 470 g/mol. The van der Waals surface area contributed by atoms with E-state index in [2.05, 4.69) is 26.6 Å². The van der Waals surface area contributed by atoms with Crippen LogP contribution in [0.25, 0.3) is 11.1 Å². The molecule has 0 bridgehead atoms. The first-order valence-electron chi connectivity index (χ1n) is 12.0. The van der Waals surface area contributed by atoms with Crippen LogP contribution in [0.3, 0.4) is 0 Å². The van der Waals surface area contributed by atoms with E-state index in [-0.39, 0.29) is 5.91 Å². The van der Waals surface area contributed by atoms with Gasteiger partial charge in [0.15, 0.2) is 0 Å². The molecule has 3 aromatic carbocycles. The zero-order chi connectivity index (χ0) is 24.9. The molecule has 1 aliphatic rings. The molecule has 1 fully saturated rings. The number of nitrogens with one attached hydrogen (secondary N) is 1. The summed E-state index contributed by atoms with van der Waals surface area (Å²) in [7, 11) is 1.62. The van der Waals surface area contributed by atoms with E-state index in [9.17, 15) is 9.90 Å². The molecular formula is C29H29N3O3S. The van der Waals surface area contributed by atoms with Gasteiger partial charge in [-0.1, -0.05) is 12.1 Å². The van der Waals surface area contributed by atoms with Crippen molar-refractivity contribution in [3.05, 3.63) is 94.7 Å². The Kier molecular flexibility index (Phi) is 7.21. The summed E-state index contributed by atoms with van der Waals surface area (Å²) in [5.41, 5.74) is 4.70. The van der Waals surface area contributed by atoms with Crippen molar-refractivity contribution in [1.82, 2.24) is 4.90 Å². The fourth-order valence-electron chi connectivity index (χ4n) is 4.39. The first-order valence-corrected chi connectivity index (χ1v) is 12.8. The van der Waals surface area contributed by atoms with Crippen molar-refractivity contribution in [2.45, 2.75) is 6.54 Å². The van der Waals surface area contributed by atoms with Gasteiger partial charge >= 0.3 is 0 Å². The van der Waals surface area contributed by atoms with Gasteiger partial charge in [0.1, 0.15) is 11.5 Å². The third-order valence-corrected chi connectivity index (χ3v) is 7.35. The number of nitrogens with zero attached hydrogens (tertiary/aromatic N) is 2. The van der Waals surface area contributed by atoms with Gasteiger partial charge in [0.25, 0.3) is 5.91 Å². The molecule has 5 rings (SSSR count). The minimum absolute atomic E-state index is 0.127. The van der Waals surface area contributed by atoms with E-state index in [1.54, 1.807) is 30.6 Å². The van der Waals surface area contributed by atoms with Crippen LogP contribution in [0.1, 0.15) is 15.2 Å². The summed E-state index contributed by atoms with van der Waals surface area (Å²) >= 11 is 1.77. The second kappa shape index (κ2) is 10.8. The Morgan fingerprint density at radius 3 is 2.39 bits per heavy atom. The van der Waals surface area contributed by atoms with Crippen molar-refractivity contribution in [1.29, 1.82) is 0 Å². The lowest BCUT2D eigenvalue weighted by Gasteiger charge is -2.36. The number of methoxy groups -OCH3 is 1. The van der Waals surface area contributed by atoms with Crippen LogP contribution in [-0.4, -0.2) is 49.2 Å². The summed E-state index contributed by atoms with van der Waals surface area (Å²) in [4.78, 5) is 18.8. The molecule has 184 valence electrons. The number of amides is 1. The van der Waals surface area contributed by atoms with Crippen LogP contribution in [0.4, 0.5) is 11.4 Å². The van der Waals surface area contributed by atoms with Crippen LogP contribution in [0.2, 0.25) is 0 Å². The molecule has 0 spiro atoms. The second-order valence-corrected chi connectivity index (χ2v) is 9.84. The van der Waals surface area contributed by atoms with Gasteiger partial charge in [-0.25, -0.2) is 0 Å². The Bertz CT molecular complexity index is 1310. The van der Waals surface area contributed by atoms with Crippen molar-refractivity contribution in [3.63, 3.8) is 0 Å². The quantitative estimate of drug-likeness (QED) is 0.341. The van der Waals surface area contributed by atoms with E-state index in [1.807, 2.05) is 60.7 Å². The Balaban J connectivity index is 1.13. The molecule has 0 unspecified atom stereocenters. The van der Waals surface area contributed by atoms with Gasteiger partial charge in [0.2, 0.25) is 0 Å². The fraction of sp³-hybridized carbons (Fsp3) is 0.207. The van der Waals surface area contributed by atoms with E-state index in [4.69, 9.17) is 4.74 Å². The number of hydrogen-bond acceptors (Lipinski definition) is 6. The van der Waals surface area contributed by atoms with Gasteiger partial charge in [0, 0.05) is 54.5 Å². The van der Waals surface area contributed by atoms with Crippen LogP contribution in [0.15, 0.2) is 84.2 Å². The zero-order valence-corrected chi connectivity index (χ0v) is 21.0. The van der Waals surface area contributed by atoms with E-state index in [1.165, 1.54) is 4.88 Å². The van der Waals surface area contributed by atoms with Crippen molar-refractivity contribution in [3.8, 4) is 22.6 Å². The first kappa shape index (κ1) is 23.9. The number of thiophene rings is 1. The third-order valence-electron chi connectivity index (χ3n) is 6.43. The molecule has 6 nitrogen and oxygen atoms in total. The molecule has 0 atom stereocenters. The Morgan fingerprint density at radius 2 is 1.69 bits per heavy atom. The second-order valence-electron chi connectivity index (χ2n) is 8.84. The van der Waals surface area contributed by atoms with Gasteiger partial charge in [-0.2, -0.15) is 0 Å². The van der Waals surface area contributed by atoms with Crippen LogP contribution in [0.5, 0.6) is 11.5 Å². The minimum atomic E-state index is -0.127. The standard InChI is InChI=1S/C29H29N3O3S/c1-35-27-11-7-24(8-12-27)30-29(34)21-5-9-25(10-6-21)32-15-13-31(14-16-32)19-28-18-23(20-36-28)22-3-2-4-26(33)17-22/h2-12,17-18,20,33H,13-16,19H2,1H3,(H,30,34). The number of carbonyl (C=O) groups is 1. The zero-order valence-electron chi connectivity index (χ0n) is 20.2. The van der Waals surface area contributed by atoms with E-state index in [0.29, 0.717) is 11.3 Å². The molecule has 2 N–H and O–H groups in total. The Hall–Kier alpha value is -3.81. The lowest BCUT2D eigenvalue weighted by atomic mass is 10.1. The molecule has 36 heavy (non-hydrogen) atoms. The highest BCUT2D eigenvalue weighted by Crippen LogP contribution is 2.29. The highest BCUT2D eigenvalue weighted by Gasteiger charge is 2.18. The molecule has 1 aliphatic heterocycles. The maximum atomic E-state index is 12.6.